The first kappa shape index (κ1) is 59.6. The molecule has 0 spiro atoms. The van der Waals surface area contributed by atoms with E-state index in [0.717, 1.165) is 96.3 Å². The highest BCUT2D eigenvalue weighted by Crippen LogP contribution is 2.23. The van der Waals surface area contributed by atoms with Crippen LogP contribution in [0.2, 0.25) is 0 Å². The minimum atomic E-state index is -1.57. The molecule has 1 aliphatic rings. The molecule has 1 rings (SSSR count). The Bertz CT molecular complexity index is 1420. The molecule has 7 unspecified atom stereocenters. The second-order valence-electron chi connectivity index (χ2n) is 16.9. The van der Waals surface area contributed by atoms with Crippen molar-refractivity contribution in [3.05, 3.63) is 122 Å². The van der Waals surface area contributed by atoms with Crippen LogP contribution < -0.4 is 5.32 Å². The van der Waals surface area contributed by atoms with Gasteiger partial charge in [-0.2, -0.15) is 0 Å². The quantitative estimate of drug-likeness (QED) is 0.0263. The lowest BCUT2D eigenvalue weighted by atomic mass is 9.99. The third kappa shape index (κ3) is 34.5. The summed E-state index contributed by atoms with van der Waals surface area (Å²) < 4.78 is 11.2. The third-order valence-electron chi connectivity index (χ3n) is 11.1. The van der Waals surface area contributed by atoms with Gasteiger partial charge in [-0.3, -0.25) is 4.79 Å². The van der Waals surface area contributed by atoms with E-state index in [2.05, 4.69) is 141 Å². The van der Waals surface area contributed by atoms with Crippen molar-refractivity contribution < 1.29 is 39.8 Å². The number of rotatable bonds is 40. The molecule has 0 aromatic carbocycles. The van der Waals surface area contributed by atoms with Crippen molar-refractivity contribution in [3.8, 4) is 0 Å². The Kier molecular flexibility index (Phi) is 40.7. The maximum absolute atomic E-state index is 13.0. The highest BCUT2D eigenvalue weighted by molar-refractivity contribution is 5.76. The maximum Gasteiger partial charge on any atom is 0.220 e. The summed E-state index contributed by atoms with van der Waals surface area (Å²) in [5.41, 5.74) is 0. The van der Waals surface area contributed by atoms with E-state index in [1.165, 1.54) is 38.5 Å². The highest BCUT2D eigenvalue weighted by Gasteiger charge is 2.44. The Balaban J connectivity index is 2.24. The van der Waals surface area contributed by atoms with Crippen LogP contribution in [0.3, 0.4) is 0 Å². The van der Waals surface area contributed by atoms with E-state index >= 15 is 0 Å². The van der Waals surface area contributed by atoms with Crippen LogP contribution in [-0.2, 0) is 14.3 Å². The molecule has 65 heavy (non-hydrogen) atoms. The summed E-state index contributed by atoms with van der Waals surface area (Å²) in [6.45, 7) is 3.64. The molecule has 9 heteroatoms. The number of aliphatic hydroxyl groups is 5. The summed E-state index contributed by atoms with van der Waals surface area (Å²) in [5.74, 6) is -0.195. The Hall–Kier alpha value is -3.41. The lowest BCUT2D eigenvalue weighted by Crippen LogP contribution is -2.60. The average Bonchev–Trinajstić information content (AvgIpc) is 3.31. The van der Waals surface area contributed by atoms with Gasteiger partial charge in [0.15, 0.2) is 6.29 Å². The number of unbranched alkanes of at least 4 members (excludes halogenated alkanes) is 10. The standard InChI is InChI=1S/C56H91NO8/c1-3-5-7-9-11-13-14-15-16-17-18-19-20-21-22-23-24-25-26-27-28-29-30-31-32-33-34-35-36-38-40-42-44-46-52(60)57-49(50(59)45-43-41-39-37-12-10-8-6-4-2)48-64-56-55(63)54(62)53(61)51(47-58)65-56/h5,7,11,13,15-16,18-19,21-22,24-25,27-28,30-31,33-34,36,38,49-51,53-56,58-59,61-63H,3-4,6,8-10,12,14,17,20,23,26,29,32,35,37,39-48H2,1-2H3,(H,57,60)/b7-5-,13-11-,16-15-,19-18-,22-21-,25-24-,28-27-,31-30-,34-33-,38-36-. The normalized spacial score (nSPS) is 21.0. The van der Waals surface area contributed by atoms with Gasteiger partial charge in [-0.15, -0.1) is 0 Å². The second-order valence-corrected chi connectivity index (χ2v) is 16.9. The number of ether oxygens (including phenoxy) is 2. The Morgan fingerprint density at radius 3 is 1.38 bits per heavy atom. The van der Waals surface area contributed by atoms with Crippen LogP contribution in [0.25, 0.3) is 0 Å². The van der Waals surface area contributed by atoms with Gasteiger partial charge in [0, 0.05) is 6.42 Å². The van der Waals surface area contributed by atoms with E-state index < -0.39 is 49.5 Å². The first-order valence-electron chi connectivity index (χ1n) is 25.2. The molecule has 0 saturated carbocycles. The van der Waals surface area contributed by atoms with Crippen LogP contribution in [0.1, 0.15) is 168 Å². The van der Waals surface area contributed by atoms with Crippen molar-refractivity contribution in [2.45, 2.75) is 211 Å². The molecule has 0 aliphatic carbocycles. The van der Waals surface area contributed by atoms with Crippen LogP contribution in [0.4, 0.5) is 0 Å². The number of carbonyl (C=O) groups excluding carboxylic acids is 1. The molecule has 1 saturated heterocycles. The van der Waals surface area contributed by atoms with E-state index in [0.29, 0.717) is 19.3 Å². The lowest BCUT2D eigenvalue weighted by molar-refractivity contribution is -0.302. The summed E-state index contributed by atoms with van der Waals surface area (Å²) in [5, 5.41) is 54.2. The molecule has 1 amide bonds. The fraction of sp³-hybridized carbons (Fsp3) is 0.625. The van der Waals surface area contributed by atoms with Gasteiger partial charge >= 0.3 is 0 Å². The zero-order chi connectivity index (χ0) is 47.3. The van der Waals surface area contributed by atoms with Gasteiger partial charge < -0.3 is 40.3 Å². The van der Waals surface area contributed by atoms with Crippen molar-refractivity contribution in [2.75, 3.05) is 13.2 Å². The third-order valence-corrected chi connectivity index (χ3v) is 11.1. The van der Waals surface area contributed by atoms with E-state index in [4.69, 9.17) is 9.47 Å². The topological polar surface area (TPSA) is 149 Å². The first-order chi connectivity index (χ1) is 31.8. The minimum absolute atomic E-state index is 0.165. The van der Waals surface area contributed by atoms with Crippen molar-refractivity contribution in [2.24, 2.45) is 0 Å². The fourth-order valence-corrected chi connectivity index (χ4v) is 7.07. The molecule has 368 valence electrons. The number of carbonyl (C=O) groups is 1. The highest BCUT2D eigenvalue weighted by atomic mass is 16.7. The largest absolute Gasteiger partial charge is 0.394 e. The van der Waals surface area contributed by atoms with Gasteiger partial charge in [-0.05, 0) is 89.9 Å². The summed E-state index contributed by atoms with van der Waals surface area (Å²) in [7, 11) is 0. The molecule has 7 atom stereocenters. The smallest absolute Gasteiger partial charge is 0.220 e. The van der Waals surface area contributed by atoms with E-state index in [1.54, 1.807) is 0 Å². The van der Waals surface area contributed by atoms with Gasteiger partial charge in [-0.1, -0.05) is 193 Å². The fourth-order valence-electron chi connectivity index (χ4n) is 7.07. The molecule has 1 fully saturated rings. The molecule has 0 aromatic heterocycles. The van der Waals surface area contributed by atoms with Crippen molar-refractivity contribution in [1.29, 1.82) is 0 Å². The number of hydrogen-bond donors (Lipinski definition) is 6. The molecular formula is C56H91NO8. The number of nitrogens with one attached hydrogen (secondary N) is 1. The van der Waals surface area contributed by atoms with E-state index in [9.17, 15) is 30.3 Å². The average molecular weight is 906 g/mol. The summed E-state index contributed by atoms with van der Waals surface area (Å²) in [6.07, 6.45) is 59.4. The molecule has 9 nitrogen and oxygen atoms in total. The maximum atomic E-state index is 13.0. The monoisotopic (exact) mass is 906 g/mol. The molecule has 1 heterocycles. The Morgan fingerprint density at radius 1 is 0.538 bits per heavy atom. The summed E-state index contributed by atoms with van der Waals surface area (Å²) in [4.78, 5) is 13.0. The van der Waals surface area contributed by atoms with Crippen LogP contribution in [-0.4, -0.2) is 87.5 Å². The zero-order valence-electron chi connectivity index (χ0n) is 40.4. The predicted molar refractivity (Wildman–Crippen MR) is 271 cm³/mol. The van der Waals surface area contributed by atoms with E-state index in [-0.39, 0.29) is 12.5 Å². The second kappa shape index (κ2) is 44.4. The van der Waals surface area contributed by atoms with Crippen LogP contribution in [0.5, 0.6) is 0 Å². The number of hydrogen-bond acceptors (Lipinski definition) is 8. The van der Waals surface area contributed by atoms with Crippen molar-refractivity contribution in [3.63, 3.8) is 0 Å². The van der Waals surface area contributed by atoms with Gasteiger partial charge in [0.1, 0.15) is 24.4 Å². The minimum Gasteiger partial charge on any atom is -0.394 e. The van der Waals surface area contributed by atoms with Crippen molar-refractivity contribution in [1.82, 2.24) is 5.32 Å². The molecule has 0 bridgehead atoms. The van der Waals surface area contributed by atoms with E-state index in [1.807, 2.05) is 0 Å². The van der Waals surface area contributed by atoms with Gasteiger partial charge in [-0.25, -0.2) is 0 Å². The van der Waals surface area contributed by atoms with Crippen LogP contribution >= 0.6 is 0 Å². The Morgan fingerprint density at radius 2 is 0.954 bits per heavy atom. The van der Waals surface area contributed by atoms with Crippen molar-refractivity contribution >= 4 is 5.91 Å². The molecule has 0 radical (unpaired) electrons. The molecule has 0 aromatic rings. The van der Waals surface area contributed by atoms with Gasteiger partial charge in [0.05, 0.1) is 25.4 Å². The SMILES string of the molecule is CC/C=C\C/C=C\C/C=C\C/C=C\C/C=C\C/C=C\C/C=C\C/C=C\C/C=C\C/C=C\CCCCC(=O)NC(COC1OC(CO)C(O)C(O)C1O)C(O)CCCCCCCCCCC. The van der Waals surface area contributed by atoms with Crippen LogP contribution in [0.15, 0.2) is 122 Å². The molecular weight excluding hydrogens is 815 g/mol. The van der Waals surface area contributed by atoms with Crippen LogP contribution in [0, 0.1) is 0 Å². The molecule has 1 aliphatic heterocycles. The molecule has 6 N–H and O–H groups in total. The summed E-state index contributed by atoms with van der Waals surface area (Å²) >= 11 is 0. The summed E-state index contributed by atoms with van der Waals surface area (Å²) in [6, 6.07) is -0.749. The van der Waals surface area contributed by atoms with Gasteiger partial charge in [0.2, 0.25) is 5.91 Å². The number of allylic oxidation sites excluding steroid dienone is 20. The lowest BCUT2D eigenvalue weighted by Gasteiger charge is -2.40. The van der Waals surface area contributed by atoms with Gasteiger partial charge in [0.25, 0.3) is 0 Å². The predicted octanol–water partition coefficient (Wildman–Crippen LogP) is 11.6. The number of aliphatic hydroxyl groups excluding tert-OH is 5. The Labute approximate surface area is 395 Å². The number of amides is 1. The first-order valence-corrected chi connectivity index (χ1v) is 25.2. The zero-order valence-corrected chi connectivity index (χ0v) is 40.4.